The predicted octanol–water partition coefficient (Wildman–Crippen LogP) is 4.15. The van der Waals surface area contributed by atoms with E-state index in [1.165, 1.54) is 43.4 Å². The Kier molecular flexibility index (Phi) is 5.83. The smallest absolute Gasteiger partial charge is 0.0594 e. The van der Waals surface area contributed by atoms with Gasteiger partial charge in [0.1, 0.15) is 0 Å². The van der Waals surface area contributed by atoms with E-state index in [1.54, 1.807) is 0 Å². The average Bonchev–Trinajstić information content (AvgIpc) is 2.85. The summed E-state index contributed by atoms with van der Waals surface area (Å²) in [5.74, 6) is 0. The van der Waals surface area contributed by atoms with Gasteiger partial charge in [-0.15, -0.1) is 0 Å². The summed E-state index contributed by atoms with van der Waals surface area (Å²) >= 11 is 0. The molecule has 0 radical (unpaired) electrons. The van der Waals surface area contributed by atoms with Gasteiger partial charge in [-0.3, -0.25) is 4.90 Å². The molecule has 0 saturated carbocycles. The van der Waals surface area contributed by atoms with Crippen molar-refractivity contribution in [1.29, 1.82) is 0 Å². The first kappa shape index (κ1) is 16.5. The van der Waals surface area contributed by atoms with Gasteiger partial charge in [-0.1, -0.05) is 37.6 Å². The highest BCUT2D eigenvalue weighted by molar-refractivity contribution is 5.23. The van der Waals surface area contributed by atoms with Crippen molar-refractivity contribution in [2.75, 3.05) is 6.54 Å². The third kappa shape index (κ3) is 5.44. The summed E-state index contributed by atoms with van der Waals surface area (Å²) in [7, 11) is 0. The topological polar surface area (TPSA) is 23.5 Å². The van der Waals surface area contributed by atoms with E-state index >= 15 is 0 Å². The molecule has 0 bridgehead atoms. The maximum absolute atomic E-state index is 9.80. The third-order valence-corrected chi connectivity index (χ3v) is 4.56. The summed E-state index contributed by atoms with van der Waals surface area (Å²) < 4.78 is 0. The van der Waals surface area contributed by atoms with Gasteiger partial charge >= 0.3 is 0 Å². The Morgan fingerprint density at radius 1 is 1.19 bits per heavy atom. The number of hydrogen-bond donors (Lipinski definition) is 1. The lowest BCUT2D eigenvalue weighted by molar-refractivity contribution is 0.0714. The van der Waals surface area contributed by atoms with Crippen LogP contribution in [-0.4, -0.2) is 28.2 Å². The molecule has 2 heteroatoms. The second-order valence-corrected chi connectivity index (χ2v) is 7.18. The van der Waals surface area contributed by atoms with E-state index in [1.807, 2.05) is 13.8 Å². The first-order valence-electron chi connectivity index (χ1n) is 8.52. The average molecular weight is 289 g/mol. The Bertz CT molecular complexity index is 418. The minimum absolute atomic E-state index is 0.568. The maximum Gasteiger partial charge on any atom is 0.0594 e. The third-order valence-electron chi connectivity index (χ3n) is 4.56. The van der Waals surface area contributed by atoms with Crippen molar-refractivity contribution in [2.45, 2.75) is 77.5 Å². The molecule has 1 aliphatic rings. The van der Waals surface area contributed by atoms with Crippen LogP contribution in [0.4, 0.5) is 0 Å². The summed E-state index contributed by atoms with van der Waals surface area (Å²) in [6.07, 6.45) is 7.12. The molecule has 1 heterocycles. The number of nitrogens with zero attached hydrogens (tertiary/aromatic N) is 1. The van der Waals surface area contributed by atoms with Crippen molar-refractivity contribution in [3.63, 3.8) is 0 Å². The van der Waals surface area contributed by atoms with Crippen LogP contribution in [0.15, 0.2) is 24.3 Å². The number of benzene rings is 1. The fraction of sp³-hybridized carbons (Fsp3) is 0.684. The molecule has 1 unspecified atom stereocenters. The van der Waals surface area contributed by atoms with Crippen molar-refractivity contribution in [3.05, 3.63) is 35.4 Å². The zero-order valence-electron chi connectivity index (χ0n) is 13.9. The molecule has 1 aromatic rings. The molecule has 0 aromatic heterocycles. The van der Waals surface area contributed by atoms with Crippen LogP contribution in [0.25, 0.3) is 0 Å². The minimum Gasteiger partial charge on any atom is -0.390 e. The van der Waals surface area contributed by atoms with E-state index < -0.39 is 5.60 Å². The van der Waals surface area contributed by atoms with Crippen molar-refractivity contribution in [3.8, 4) is 0 Å². The molecule has 0 amide bonds. The Morgan fingerprint density at radius 2 is 1.86 bits per heavy atom. The molecule has 2 nitrogen and oxygen atoms in total. The van der Waals surface area contributed by atoms with Gasteiger partial charge in [-0.2, -0.15) is 0 Å². The largest absolute Gasteiger partial charge is 0.390 e. The Morgan fingerprint density at radius 3 is 2.48 bits per heavy atom. The SMILES string of the molecule is CCCC1CCCN1Cc1ccc(CCC(C)(C)O)cc1. The molecule has 1 atom stereocenters. The van der Waals surface area contributed by atoms with Crippen LogP contribution in [0.1, 0.15) is 64.0 Å². The van der Waals surface area contributed by atoms with Gasteiger partial charge in [0.25, 0.3) is 0 Å². The van der Waals surface area contributed by atoms with E-state index in [2.05, 4.69) is 36.1 Å². The first-order valence-corrected chi connectivity index (χ1v) is 8.52. The van der Waals surface area contributed by atoms with Crippen LogP contribution in [0.5, 0.6) is 0 Å². The van der Waals surface area contributed by atoms with Gasteiger partial charge in [-0.05, 0) is 63.6 Å². The fourth-order valence-electron chi connectivity index (χ4n) is 3.26. The summed E-state index contributed by atoms with van der Waals surface area (Å²) in [6, 6.07) is 9.78. The van der Waals surface area contributed by atoms with Crippen molar-refractivity contribution >= 4 is 0 Å². The fourth-order valence-corrected chi connectivity index (χ4v) is 3.26. The van der Waals surface area contributed by atoms with Crippen LogP contribution in [0.2, 0.25) is 0 Å². The second-order valence-electron chi connectivity index (χ2n) is 7.18. The van der Waals surface area contributed by atoms with Crippen LogP contribution >= 0.6 is 0 Å². The lowest BCUT2D eigenvalue weighted by Crippen LogP contribution is -2.28. The van der Waals surface area contributed by atoms with Crippen molar-refractivity contribution in [2.24, 2.45) is 0 Å². The van der Waals surface area contributed by atoms with Gasteiger partial charge in [0.05, 0.1) is 5.60 Å². The standard InChI is InChI=1S/C19H31NO/c1-4-6-18-7-5-14-20(18)15-17-10-8-16(9-11-17)12-13-19(2,3)21/h8-11,18,21H,4-7,12-15H2,1-3H3. The summed E-state index contributed by atoms with van der Waals surface area (Å²) in [5.41, 5.74) is 2.18. The van der Waals surface area contributed by atoms with Crippen molar-refractivity contribution in [1.82, 2.24) is 4.90 Å². The van der Waals surface area contributed by atoms with E-state index in [-0.39, 0.29) is 0 Å². The maximum atomic E-state index is 9.80. The Balaban J connectivity index is 1.87. The summed E-state index contributed by atoms with van der Waals surface area (Å²) in [4.78, 5) is 2.65. The molecule has 1 fully saturated rings. The van der Waals surface area contributed by atoms with Gasteiger partial charge < -0.3 is 5.11 Å². The first-order chi connectivity index (χ1) is 9.98. The highest BCUT2D eigenvalue weighted by Gasteiger charge is 2.23. The number of rotatable bonds is 7. The molecule has 1 aliphatic heterocycles. The van der Waals surface area contributed by atoms with E-state index in [9.17, 15) is 5.11 Å². The molecular formula is C19H31NO. The number of aryl methyl sites for hydroxylation is 1. The highest BCUT2D eigenvalue weighted by Crippen LogP contribution is 2.23. The normalized spacial score (nSPS) is 20.1. The van der Waals surface area contributed by atoms with Crippen LogP contribution in [0.3, 0.4) is 0 Å². The molecule has 1 aromatic carbocycles. The van der Waals surface area contributed by atoms with Crippen LogP contribution < -0.4 is 0 Å². The lowest BCUT2D eigenvalue weighted by atomic mass is 9.98. The van der Waals surface area contributed by atoms with E-state index in [0.717, 1.165) is 25.4 Å². The van der Waals surface area contributed by atoms with Gasteiger partial charge in [0.2, 0.25) is 0 Å². The molecule has 118 valence electrons. The van der Waals surface area contributed by atoms with Crippen molar-refractivity contribution < 1.29 is 5.11 Å². The lowest BCUT2D eigenvalue weighted by Gasteiger charge is -2.24. The molecule has 21 heavy (non-hydrogen) atoms. The minimum atomic E-state index is -0.568. The zero-order chi connectivity index (χ0) is 15.3. The molecule has 2 rings (SSSR count). The quantitative estimate of drug-likeness (QED) is 0.815. The van der Waals surface area contributed by atoms with E-state index in [0.29, 0.717) is 0 Å². The second kappa shape index (κ2) is 7.42. The monoisotopic (exact) mass is 289 g/mol. The molecule has 0 spiro atoms. The Hall–Kier alpha value is -0.860. The van der Waals surface area contributed by atoms with Crippen LogP contribution in [-0.2, 0) is 13.0 Å². The van der Waals surface area contributed by atoms with Gasteiger partial charge in [0.15, 0.2) is 0 Å². The number of likely N-dealkylation sites (tertiary alicyclic amines) is 1. The zero-order valence-corrected chi connectivity index (χ0v) is 13.9. The molecule has 1 N–H and O–H groups in total. The molecule has 0 aliphatic carbocycles. The predicted molar refractivity (Wildman–Crippen MR) is 89.4 cm³/mol. The summed E-state index contributed by atoms with van der Waals surface area (Å²) in [6.45, 7) is 8.39. The van der Waals surface area contributed by atoms with E-state index in [4.69, 9.17) is 0 Å². The molecule has 1 saturated heterocycles. The number of aliphatic hydroxyl groups is 1. The summed E-state index contributed by atoms with van der Waals surface area (Å²) in [5, 5.41) is 9.80. The number of hydrogen-bond acceptors (Lipinski definition) is 2. The van der Waals surface area contributed by atoms with Gasteiger partial charge in [0, 0.05) is 12.6 Å². The Labute approximate surface area is 130 Å². The van der Waals surface area contributed by atoms with Gasteiger partial charge in [-0.25, -0.2) is 0 Å². The molecular weight excluding hydrogens is 258 g/mol. The van der Waals surface area contributed by atoms with Crippen LogP contribution in [0, 0.1) is 0 Å². The highest BCUT2D eigenvalue weighted by atomic mass is 16.3.